The molecule has 2 heteroatoms. The van der Waals surface area contributed by atoms with E-state index in [1.807, 2.05) is 30.6 Å². The van der Waals surface area contributed by atoms with E-state index in [9.17, 15) is 0 Å². The molecule has 0 unspecified atom stereocenters. The summed E-state index contributed by atoms with van der Waals surface area (Å²) in [5, 5.41) is 0. The maximum absolute atomic E-state index is 5.45. The number of aromatic nitrogens is 1. The quantitative estimate of drug-likeness (QED) is 0.807. The fraction of sp³-hybridized carbons (Fsp3) is 0.188. The molecule has 1 aromatic heterocycles. The van der Waals surface area contributed by atoms with E-state index < -0.39 is 0 Å². The molecular formula is C16H17NO. The van der Waals surface area contributed by atoms with Gasteiger partial charge >= 0.3 is 0 Å². The Hall–Kier alpha value is -2.09. The first-order valence-electron chi connectivity index (χ1n) is 5.89. The van der Waals surface area contributed by atoms with Crippen molar-refractivity contribution in [3.8, 4) is 16.9 Å². The number of pyridine rings is 1. The third-order valence-corrected chi connectivity index (χ3v) is 3.05. The SMILES string of the molecule is C=Cc1ccc(OC)c(-c2c(C)cncc2C)c1. The molecule has 0 amide bonds. The van der Waals surface area contributed by atoms with Gasteiger partial charge in [0.15, 0.2) is 0 Å². The molecule has 0 radical (unpaired) electrons. The number of rotatable bonds is 3. The number of methoxy groups -OCH3 is 1. The van der Waals surface area contributed by atoms with E-state index in [0.29, 0.717) is 0 Å². The van der Waals surface area contributed by atoms with E-state index in [0.717, 1.165) is 28.0 Å². The molecule has 18 heavy (non-hydrogen) atoms. The lowest BCUT2D eigenvalue weighted by Gasteiger charge is -2.14. The van der Waals surface area contributed by atoms with Crippen LogP contribution in [0.3, 0.4) is 0 Å². The number of aryl methyl sites for hydroxylation is 2. The molecule has 1 aromatic carbocycles. The summed E-state index contributed by atoms with van der Waals surface area (Å²) in [6, 6.07) is 6.08. The number of benzene rings is 1. The molecule has 0 fully saturated rings. The molecule has 0 saturated carbocycles. The van der Waals surface area contributed by atoms with Crippen LogP contribution in [-0.2, 0) is 0 Å². The van der Waals surface area contributed by atoms with E-state index in [1.54, 1.807) is 7.11 Å². The van der Waals surface area contributed by atoms with Gasteiger partial charge in [-0.1, -0.05) is 18.7 Å². The predicted octanol–water partition coefficient (Wildman–Crippen LogP) is 4.02. The van der Waals surface area contributed by atoms with Crippen molar-refractivity contribution in [2.45, 2.75) is 13.8 Å². The van der Waals surface area contributed by atoms with Crippen LogP contribution < -0.4 is 4.74 Å². The van der Waals surface area contributed by atoms with Crippen molar-refractivity contribution in [1.29, 1.82) is 0 Å². The second kappa shape index (κ2) is 5.05. The average molecular weight is 239 g/mol. The molecule has 2 rings (SSSR count). The first kappa shape index (κ1) is 12.4. The molecule has 0 N–H and O–H groups in total. The number of hydrogen-bond acceptors (Lipinski definition) is 2. The molecule has 0 spiro atoms. The van der Waals surface area contributed by atoms with E-state index in [1.165, 1.54) is 5.56 Å². The monoisotopic (exact) mass is 239 g/mol. The van der Waals surface area contributed by atoms with Crippen LogP contribution in [0.1, 0.15) is 16.7 Å². The first-order chi connectivity index (χ1) is 8.67. The van der Waals surface area contributed by atoms with Crippen molar-refractivity contribution in [2.75, 3.05) is 7.11 Å². The van der Waals surface area contributed by atoms with Gasteiger partial charge in [0, 0.05) is 18.0 Å². The smallest absolute Gasteiger partial charge is 0.126 e. The Kier molecular flexibility index (Phi) is 3.47. The van der Waals surface area contributed by atoms with Crippen LogP contribution in [0, 0.1) is 13.8 Å². The molecule has 92 valence electrons. The molecule has 0 aliphatic rings. The third kappa shape index (κ3) is 2.14. The minimum Gasteiger partial charge on any atom is -0.496 e. The van der Waals surface area contributed by atoms with Gasteiger partial charge in [0.1, 0.15) is 5.75 Å². The summed E-state index contributed by atoms with van der Waals surface area (Å²) in [5.74, 6) is 0.873. The van der Waals surface area contributed by atoms with Crippen LogP contribution in [0.15, 0.2) is 37.2 Å². The zero-order valence-corrected chi connectivity index (χ0v) is 11.0. The highest BCUT2D eigenvalue weighted by Gasteiger charge is 2.11. The van der Waals surface area contributed by atoms with E-state index in [4.69, 9.17) is 4.74 Å². The summed E-state index contributed by atoms with van der Waals surface area (Å²) in [5.41, 5.74) is 5.66. The highest BCUT2D eigenvalue weighted by molar-refractivity contribution is 5.77. The highest BCUT2D eigenvalue weighted by atomic mass is 16.5. The lowest BCUT2D eigenvalue weighted by atomic mass is 9.96. The topological polar surface area (TPSA) is 22.1 Å². The van der Waals surface area contributed by atoms with Gasteiger partial charge in [0.05, 0.1) is 7.11 Å². The van der Waals surface area contributed by atoms with Crippen molar-refractivity contribution in [3.63, 3.8) is 0 Å². The fourth-order valence-corrected chi connectivity index (χ4v) is 2.17. The Morgan fingerprint density at radius 1 is 1.17 bits per heavy atom. The first-order valence-corrected chi connectivity index (χ1v) is 5.89. The van der Waals surface area contributed by atoms with Crippen molar-refractivity contribution in [1.82, 2.24) is 4.98 Å². The summed E-state index contributed by atoms with van der Waals surface area (Å²) in [6.07, 6.45) is 5.60. The van der Waals surface area contributed by atoms with Gasteiger partial charge in [-0.25, -0.2) is 0 Å². The van der Waals surface area contributed by atoms with Gasteiger partial charge in [-0.3, -0.25) is 4.98 Å². The molecule has 0 saturated heterocycles. The summed E-state index contributed by atoms with van der Waals surface area (Å²) in [7, 11) is 1.69. The second-order valence-corrected chi connectivity index (χ2v) is 4.31. The molecule has 0 aliphatic heterocycles. The van der Waals surface area contributed by atoms with E-state index >= 15 is 0 Å². The largest absolute Gasteiger partial charge is 0.496 e. The fourth-order valence-electron chi connectivity index (χ4n) is 2.17. The van der Waals surface area contributed by atoms with Crippen LogP contribution in [0.5, 0.6) is 5.75 Å². The van der Waals surface area contributed by atoms with Crippen LogP contribution in [-0.4, -0.2) is 12.1 Å². The molecule has 0 bridgehead atoms. The minimum atomic E-state index is 0.873. The van der Waals surface area contributed by atoms with Gasteiger partial charge in [0.25, 0.3) is 0 Å². The number of hydrogen-bond donors (Lipinski definition) is 0. The van der Waals surface area contributed by atoms with E-state index in [-0.39, 0.29) is 0 Å². The normalized spacial score (nSPS) is 10.2. The zero-order valence-electron chi connectivity index (χ0n) is 11.0. The molecule has 0 aliphatic carbocycles. The minimum absolute atomic E-state index is 0.873. The zero-order chi connectivity index (χ0) is 13.1. The Bertz CT molecular complexity index is 567. The molecular weight excluding hydrogens is 222 g/mol. The van der Waals surface area contributed by atoms with Crippen LogP contribution in [0.25, 0.3) is 17.2 Å². The Balaban J connectivity index is 2.72. The standard InChI is InChI=1S/C16H17NO/c1-5-13-6-7-15(18-4)14(8-13)16-11(2)9-17-10-12(16)3/h5-10H,1H2,2-4H3. The lowest BCUT2D eigenvalue weighted by molar-refractivity contribution is 0.416. The van der Waals surface area contributed by atoms with Crippen molar-refractivity contribution in [3.05, 3.63) is 53.9 Å². The molecule has 2 aromatic rings. The average Bonchev–Trinajstić information content (AvgIpc) is 2.38. The molecule has 2 nitrogen and oxygen atoms in total. The van der Waals surface area contributed by atoms with Crippen LogP contribution in [0.2, 0.25) is 0 Å². The Morgan fingerprint density at radius 3 is 2.39 bits per heavy atom. The summed E-state index contributed by atoms with van der Waals surface area (Å²) < 4.78 is 5.45. The van der Waals surface area contributed by atoms with Gasteiger partial charge in [-0.2, -0.15) is 0 Å². The summed E-state index contributed by atoms with van der Waals surface area (Å²) in [6.45, 7) is 7.94. The van der Waals surface area contributed by atoms with Gasteiger partial charge in [-0.05, 0) is 48.2 Å². The van der Waals surface area contributed by atoms with Gasteiger partial charge < -0.3 is 4.74 Å². The maximum Gasteiger partial charge on any atom is 0.126 e. The van der Waals surface area contributed by atoms with Crippen LogP contribution in [0.4, 0.5) is 0 Å². The van der Waals surface area contributed by atoms with Crippen molar-refractivity contribution in [2.24, 2.45) is 0 Å². The van der Waals surface area contributed by atoms with E-state index in [2.05, 4.69) is 31.5 Å². The Labute approximate surface area is 108 Å². The number of ether oxygens (including phenoxy) is 1. The predicted molar refractivity (Wildman–Crippen MR) is 75.8 cm³/mol. The summed E-state index contributed by atoms with van der Waals surface area (Å²) in [4.78, 5) is 4.21. The van der Waals surface area contributed by atoms with Gasteiger partial charge in [0.2, 0.25) is 0 Å². The third-order valence-electron chi connectivity index (χ3n) is 3.05. The second-order valence-electron chi connectivity index (χ2n) is 4.31. The maximum atomic E-state index is 5.45. The molecule has 1 heterocycles. The summed E-state index contributed by atoms with van der Waals surface area (Å²) >= 11 is 0. The van der Waals surface area contributed by atoms with Crippen molar-refractivity contribution >= 4 is 6.08 Å². The number of nitrogens with zero attached hydrogens (tertiary/aromatic N) is 1. The highest BCUT2D eigenvalue weighted by Crippen LogP contribution is 2.35. The molecule has 0 atom stereocenters. The Morgan fingerprint density at radius 2 is 1.83 bits per heavy atom. The van der Waals surface area contributed by atoms with Crippen LogP contribution >= 0.6 is 0 Å². The lowest BCUT2D eigenvalue weighted by Crippen LogP contribution is -1.94. The van der Waals surface area contributed by atoms with Gasteiger partial charge in [-0.15, -0.1) is 0 Å². The van der Waals surface area contributed by atoms with Crippen molar-refractivity contribution < 1.29 is 4.74 Å².